The predicted octanol–water partition coefficient (Wildman–Crippen LogP) is 1.83. The second-order valence-electron chi connectivity index (χ2n) is 6.25. The average molecular weight is 268 g/mol. The van der Waals surface area contributed by atoms with E-state index in [0.29, 0.717) is 24.5 Å². The van der Waals surface area contributed by atoms with Crippen molar-refractivity contribution in [3.05, 3.63) is 0 Å². The minimum absolute atomic E-state index is 0.250. The molecule has 0 radical (unpaired) electrons. The summed E-state index contributed by atoms with van der Waals surface area (Å²) in [7, 11) is 0. The van der Waals surface area contributed by atoms with Gasteiger partial charge in [-0.3, -0.25) is 4.79 Å². The van der Waals surface area contributed by atoms with Gasteiger partial charge in [0.2, 0.25) is 5.91 Å². The van der Waals surface area contributed by atoms with Crippen molar-refractivity contribution in [2.24, 2.45) is 17.6 Å². The number of carbonyl (C=O) groups is 1. The van der Waals surface area contributed by atoms with Crippen molar-refractivity contribution in [2.75, 3.05) is 13.2 Å². The van der Waals surface area contributed by atoms with Crippen LogP contribution < -0.4 is 11.1 Å². The minimum atomic E-state index is -0.633. The molecule has 0 spiro atoms. The number of rotatable bonds is 7. The monoisotopic (exact) mass is 268 g/mol. The molecule has 2 fully saturated rings. The van der Waals surface area contributed by atoms with Crippen LogP contribution in [0.2, 0.25) is 0 Å². The van der Waals surface area contributed by atoms with E-state index >= 15 is 0 Å². The van der Waals surface area contributed by atoms with Gasteiger partial charge in [0.1, 0.15) is 5.54 Å². The Kier molecular flexibility index (Phi) is 4.85. The zero-order valence-corrected chi connectivity index (χ0v) is 12.3. The highest BCUT2D eigenvalue weighted by atomic mass is 16.5. The third-order valence-corrected chi connectivity index (χ3v) is 4.76. The summed E-state index contributed by atoms with van der Waals surface area (Å²) in [6.07, 6.45) is 7.36. The molecule has 3 unspecified atom stereocenters. The fourth-order valence-corrected chi connectivity index (χ4v) is 3.33. The molecule has 2 aliphatic carbocycles. The van der Waals surface area contributed by atoms with Crippen LogP contribution in [0, 0.1) is 11.8 Å². The first-order valence-electron chi connectivity index (χ1n) is 7.76. The molecule has 2 rings (SSSR count). The van der Waals surface area contributed by atoms with Crippen LogP contribution in [-0.4, -0.2) is 30.7 Å². The average Bonchev–Trinajstić information content (AvgIpc) is 3.20. The maximum absolute atomic E-state index is 11.9. The van der Waals surface area contributed by atoms with E-state index < -0.39 is 5.54 Å². The van der Waals surface area contributed by atoms with Crippen molar-refractivity contribution in [2.45, 2.75) is 64.0 Å². The van der Waals surface area contributed by atoms with Gasteiger partial charge in [0.25, 0.3) is 0 Å². The fraction of sp³-hybridized carbons (Fsp3) is 0.933. The molecule has 19 heavy (non-hydrogen) atoms. The summed E-state index contributed by atoms with van der Waals surface area (Å²) in [5.41, 5.74) is 5.03. The quantitative estimate of drug-likeness (QED) is 0.740. The lowest BCUT2D eigenvalue weighted by Crippen LogP contribution is -2.61. The fourth-order valence-electron chi connectivity index (χ4n) is 3.33. The van der Waals surface area contributed by atoms with Crippen molar-refractivity contribution in [3.8, 4) is 0 Å². The molecule has 3 atom stereocenters. The van der Waals surface area contributed by atoms with Gasteiger partial charge in [-0.25, -0.2) is 0 Å². The van der Waals surface area contributed by atoms with Gasteiger partial charge in [0.05, 0.1) is 12.7 Å². The lowest BCUT2D eigenvalue weighted by molar-refractivity contribution is -0.131. The highest BCUT2D eigenvalue weighted by molar-refractivity contribution is 5.85. The normalized spacial score (nSPS) is 30.8. The second kappa shape index (κ2) is 6.23. The van der Waals surface area contributed by atoms with Crippen molar-refractivity contribution < 1.29 is 9.53 Å². The summed E-state index contributed by atoms with van der Waals surface area (Å²) in [4.78, 5) is 11.9. The van der Waals surface area contributed by atoms with E-state index in [9.17, 15) is 4.79 Å². The molecule has 0 aliphatic heterocycles. The molecular weight excluding hydrogens is 240 g/mol. The molecule has 0 saturated heterocycles. The second-order valence-corrected chi connectivity index (χ2v) is 6.25. The van der Waals surface area contributed by atoms with Gasteiger partial charge in [-0.1, -0.05) is 26.7 Å². The van der Waals surface area contributed by atoms with E-state index in [-0.39, 0.29) is 5.91 Å². The van der Waals surface area contributed by atoms with Gasteiger partial charge in [-0.2, -0.15) is 0 Å². The van der Waals surface area contributed by atoms with E-state index in [2.05, 4.69) is 12.2 Å². The molecule has 0 aromatic heterocycles. The largest absolute Gasteiger partial charge is 0.375 e. The standard InChI is InChI=1S/C15H28N2O2/c1-3-17-15(14(16)18,12-8-9-12)10-19-13-7-5-4-6-11(13)2/h11-13,17H,3-10H2,1-2H3,(H2,16,18). The Morgan fingerprint density at radius 1 is 1.32 bits per heavy atom. The van der Waals surface area contributed by atoms with E-state index in [1.165, 1.54) is 19.3 Å². The number of likely N-dealkylation sites (N-methyl/N-ethyl adjacent to an activating group) is 1. The number of amides is 1. The summed E-state index contributed by atoms with van der Waals surface area (Å²) in [6, 6.07) is 0. The van der Waals surface area contributed by atoms with Crippen molar-refractivity contribution >= 4 is 5.91 Å². The Labute approximate surface area is 116 Å². The highest BCUT2D eigenvalue weighted by Crippen LogP contribution is 2.40. The Bertz CT molecular complexity index is 317. The van der Waals surface area contributed by atoms with Gasteiger partial charge in [-0.05, 0) is 44.1 Å². The van der Waals surface area contributed by atoms with Crippen LogP contribution in [0.5, 0.6) is 0 Å². The van der Waals surface area contributed by atoms with Crippen molar-refractivity contribution in [1.29, 1.82) is 0 Å². The van der Waals surface area contributed by atoms with Crippen LogP contribution in [0.15, 0.2) is 0 Å². The lowest BCUT2D eigenvalue weighted by Gasteiger charge is -2.36. The maximum atomic E-state index is 11.9. The molecule has 0 aromatic carbocycles. The Morgan fingerprint density at radius 2 is 2.00 bits per heavy atom. The van der Waals surface area contributed by atoms with Crippen LogP contribution in [0.4, 0.5) is 0 Å². The molecule has 4 nitrogen and oxygen atoms in total. The molecule has 110 valence electrons. The Hall–Kier alpha value is -0.610. The molecule has 2 aliphatic rings. The summed E-state index contributed by atoms with van der Waals surface area (Å²) in [5, 5.41) is 3.31. The number of hydrogen-bond donors (Lipinski definition) is 2. The molecule has 0 bridgehead atoms. The third kappa shape index (κ3) is 3.29. The number of ether oxygens (including phenoxy) is 1. The zero-order valence-electron chi connectivity index (χ0n) is 12.3. The topological polar surface area (TPSA) is 64.3 Å². The Morgan fingerprint density at radius 3 is 2.53 bits per heavy atom. The van der Waals surface area contributed by atoms with E-state index in [1.54, 1.807) is 0 Å². The van der Waals surface area contributed by atoms with Gasteiger partial charge in [0, 0.05) is 0 Å². The van der Waals surface area contributed by atoms with Crippen LogP contribution in [-0.2, 0) is 9.53 Å². The number of carbonyl (C=O) groups excluding carboxylic acids is 1. The number of primary amides is 1. The minimum Gasteiger partial charge on any atom is -0.375 e. The van der Waals surface area contributed by atoms with Gasteiger partial charge < -0.3 is 15.8 Å². The number of nitrogens with two attached hydrogens (primary N) is 1. The van der Waals surface area contributed by atoms with Crippen LogP contribution in [0.1, 0.15) is 52.4 Å². The van der Waals surface area contributed by atoms with Gasteiger partial charge in [-0.15, -0.1) is 0 Å². The molecular formula is C15H28N2O2. The number of hydrogen-bond acceptors (Lipinski definition) is 3. The summed E-state index contributed by atoms with van der Waals surface area (Å²) >= 11 is 0. The van der Waals surface area contributed by atoms with Crippen LogP contribution in [0.3, 0.4) is 0 Å². The molecule has 4 heteroatoms. The third-order valence-electron chi connectivity index (χ3n) is 4.76. The first-order valence-corrected chi connectivity index (χ1v) is 7.76. The molecule has 0 aromatic rings. The SMILES string of the molecule is CCNC(COC1CCCCC1C)(C(N)=O)C1CC1. The molecule has 0 heterocycles. The first kappa shape index (κ1) is 14.8. The molecule has 1 amide bonds. The predicted molar refractivity (Wildman–Crippen MR) is 75.7 cm³/mol. The van der Waals surface area contributed by atoms with Crippen LogP contribution in [0.25, 0.3) is 0 Å². The molecule has 2 saturated carbocycles. The van der Waals surface area contributed by atoms with Crippen LogP contribution >= 0.6 is 0 Å². The number of nitrogens with one attached hydrogen (secondary N) is 1. The first-order chi connectivity index (χ1) is 9.10. The summed E-state index contributed by atoms with van der Waals surface area (Å²) in [6.45, 7) is 5.46. The smallest absolute Gasteiger partial charge is 0.240 e. The van der Waals surface area contributed by atoms with Gasteiger partial charge in [0.15, 0.2) is 0 Å². The van der Waals surface area contributed by atoms with E-state index in [0.717, 1.165) is 25.8 Å². The maximum Gasteiger partial charge on any atom is 0.240 e. The van der Waals surface area contributed by atoms with Crippen molar-refractivity contribution in [1.82, 2.24) is 5.32 Å². The van der Waals surface area contributed by atoms with Gasteiger partial charge >= 0.3 is 0 Å². The van der Waals surface area contributed by atoms with E-state index in [1.807, 2.05) is 6.92 Å². The Balaban J connectivity index is 1.97. The zero-order chi connectivity index (χ0) is 13.9. The van der Waals surface area contributed by atoms with E-state index in [4.69, 9.17) is 10.5 Å². The lowest BCUT2D eigenvalue weighted by atomic mass is 9.87. The highest BCUT2D eigenvalue weighted by Gasteiger charge is 2.50. The molecule has 3 N–H and O–H groups in total. The summed E-state index contributed by atoms with van der Waals surface area (Å²) < 4.78 is 6.11. The van der Waals surface area contributed by atoms with Crippen molar-refractivity contribution in [3.63, 3.8) is 0 Å². The summed E-state index contributed by atoms with van der Waals surface area (Å²) in [5.74, 6) is 0.712.